The molecule has 0 radical (unpaired) electrons. The van der Waals surface area contributed by atoms with Crippen molar-refractivity contribution in [2.45, 2.75) is 69.9 Å². The van der Waals surface area contributed by atoms with E-state index >= 15 is 0 Å². The molecule has 2 atom stereocenters. The van der Waals surface area contributed by atoms with Crippen LogP contribution in [-0.2, 0) is 9.53 Å². The highest BCUT2D eigenvalue weighted by molar-refractivity contribution is 5.77. The number of hydrogen-bond donors (Lipinski definition) is 2. The van der Waals surface area contributed by atoms with Crippen molar-refractivity contribution < 1.29 is 9.53 Å². The second kappa shape index (κ2) is 7.41. The minimum atomic E-state index is 0.0403. The van der Waals surface area contributed by atoms with Crippen LogP contribution >= 0.6 is 0 Å². The van der Waals surface area contributed by atoms with Gasteiger partial charge in [-0.25, -0.2) is 0 Å². The summed E-state index contributed by atoms with van der Waals surface area (Å²) in [5.74, 6) is 0.698. The third-order valence-corrected chi connectivity index (χ3v) is 5.15. The van der Waals surface area contributed by atoms with Crippen LogP contribution in [0.2, 0.25) is 0 Å². The molecular formula is C16H30N2O2. The van der Waals surface area contributed by atoms with Gasteiger partial charge in [0.25, 0.3) is 0 Å². The predicted molar refractivity (Wildman–Crippen MR) is 80.6 cm³/mol. The summed E-state index contributed by atoms with van der Waals surface area (Å²) >= 11 is 0. The minimum Gasteiger partial charge on any atom is -0.378 e. The lowest BCUT2D eigenvalue weighted by molar-refractivity contribution is -0.123. The SMILES string of the molecule is CCC1OCCC1CNC(=O)CC1(NC)CCCCC1. The van der Waals surface area contributed by atoms with Crippen LogP contribution in [0.4, 0.5) is 0 Å². The van der Waals surface area contributed by atoms with Crippen molar-refractivity contribution >= 4 is 5.91 Å². The quantitative estimate of drug-likeness (QED) is 0.785. The molecule has 116 valence electrons. The minimum absolute atomic E-state index is 0.0403. The van der Waals surface area contributed by atoms with Crippen LogP contribution in [0.25, 0.3) is 0 Å². The lowest BCUT2D eigenvalue weighted by atomic mass is 9.79. The first-order chi connectivity index (χ1) is 9.69. The topological polar surface area (TPSA) is 50.4 Å². The number of hydrogen-bond acceptors (Lipinski definition) is 3. The Morgan fingerprint density at radius 2 is 2.05 bits per heavy atom. The van der Waals surface area contributed by atoms with Gasteiger partial charge in [0.15, 0.2) is 0 Å². The van der Waals surface area contributed by atoms with E-state index in [1.54, 1.807) is 0 Å². The summed E-state index contributed by atoms with van der Waals surface area (Å²) in [7, 11) is 2.00. The van der Waals surface area contributed by atoms with Gasteiger partial charge < -0.3 is 15.4 Å². The van der Waals surface area contributed by atoms with E-state index in [0.29, 0.717) is 18.4 Å². The highest BCUT2D eigenvalue weighted by Gasteiger charge is 2.33. The van der Waals surface area contributed by atoms with Crippen molar-refractivity contribution in [2.75, 3.05) is 20.2 Å². The van der Waals surface area contributed by atoms with Crippen molar-refractivity contribution in [3.05, 3.63) is 0 Å². The van der Waals surface area contributed by atoms with E-state index in [1.807, 2.05) is 7.05 Å². The van der Waals surface area contributed by atoms with Crippen LogP contribution in [0.15, 0.2) is 0 Å². The summed E-state index contributed by atoms with van der Waals surface area (Å²) < 4.78 is 5.67. The molecule has 0 bridgehead atoms. The number of carbonyl (C=O) groups excluding carboxylic acids is 1. The van der Waals surface area contributed by atoms with Crippen molar-refractivity contribution in [1.82, 2.24) is 10.6 Å². The van der Waals surface area contributed by atoms with Gasteiger partial charge in [-0.3, -0.25) is 4.79 Å². The Balaban J connectivity index is 1.76. The van der Waals surface area contributed by atoms with Crippen molar-refractivity contribution in [3.8, 4) is 0 Å². The first-order valence-corrected chi connectivity index (χ1v) is 8.26. The van der Waals surface area contributed by atoms with E-state index in [0.717, 1.165) is 38.8 Å². The van der Waals surface area contributed by atoms with Gasteiger partial charge in [-0.1, -0.05) is 26.2 Å². The van der Waals surface area contributed by atoms with Gasteiger partial charge in [-0.2, -0.15) is 0 Å². The van der Waals surface area contributed by atoms with Crippen molar-refractivity contribution in [2.24, 2.45) is 5.92 Å². The lowest BCUT2D eigenvalue weighted by Crippen LogP contribution is -2.48. The Kier molecular flexibility index (Phi) is 5.85. The number of amides is 1. The summed E-state index contributed by atoms with van der Waals surface area (Å²) in [6, 6.07) is 0. The smallest absolute Gasteiger partial charge is 0.221 e. The Morgan fingerprint density at radius 1 is 1.30 bits per heavy atom. The van der Waals surface area contributed by atoms with E-state index in [9.17, 15) is 4.79 Å². The molecule has 1 heterocycles. The Bertz CT molecular complexity index is 314. The molecule has 0 aromatic carbocycles. The maximum absolute atomic E-state index is 12.2. The molecule has 1 aliphatic carbocycles. The largest absolute Gasteiger partial charge is 0.378 e. The first kappa shape index (κ1) is 15.8. The van der Waals surface area contributed by atoms with Crippen LogP contribution in [0.5, 0.6) is 0 Å². The highest BCUT2D eigenvalue weighted by atomic mass is 16.5. The summed E-state index contributed by atoms with van der Waals surface area (Å²) in [6.07, 6.45) is 9.11. The molecular weight excluding hydrogens is 252 g/mol. The second-order valence-electron chi connectivity index (χ2n) is 6.44. The molecule has 2 rings (SSSR count). The number of rotatable bonds is 6. The molecule has 1 aliphatic heterocycles. The summed E-state index contributed by atoms with van der Waals surface area (Å²) in [6.45, 7) is 3.78. The van der Waals surface area contributed by atoms with Crippen LogP contribution in [-0.4, -0.2) is 37.7 Å². The van der Waals surface area contributed by atoms with Crippen LogP contribution < -0.4 is 10.6 Å². The average molecular weight is 282 g/mol. The molecule has 20 heavy (non-hydrogen) atoms. The second-order valence-corrected chi connectivity index (χ2v) is 6.44. The van der Waals surface area contributed by atoms with E-state index in [2.05, 4.69) is 17.6 Å². The molecule has 4 heteroatoms. The van der Waals surface area contributed by atoms with E-state index in [-0.39, 0.29) is 11.4 Å². The number of ether oxygens (including phenoxy) is 1. The normalized spacial score (nSPS) is 29.3. The average Bonchev–Trinajstić information content (AvgIpc) is 2.93. The fourth-order valence-corrected chi connectivity index (χ4v) is 3.74. The van der Waals surface area contributed by atoms with Gasteiger partial charge in [0.2, 0.25) is 5.91 Å². The zero-order valence-corrected chi connectivity index (χ0v) is 13.0. The van der Waals surface area contributed by atoms with E-state index < -0.39 is 0 Å². The monoisotopic (exact) mass is 282 g/mol. The van der Waals surface area contributed by atoms with Gasteiger partial charge in [-0.05, 0) is 32.7 Å². The standard InChI is InChI=1S/C16H30N2O2/c1-3-14-13(7-10-20-14)12-18-15(19)11-16(17-2)8-5-4-6-9-16/h13-14,17H,3-12H2,1-2H3,(H,18,19). The zero-order valence-electron chi connectivity index (χ0n) is 13.0. The fraction of sp³-hybridized carbons (Fsp3) is 0.938. The number of nitrogens with one attached hydrogen (secondary N) is 2. The summed E-state index contributed by atoms with van der Waals surface area (Å²) in [4.78, 5) is 12.2. The highest BCUT2D eigenvalue weighted by Crippen LogP contribution is 2.30. The molecule has 1 amide bonds. The van der Waals surface area contributed by atoms with Crippen molar-refractivity contribution in [1.29, 1.82) is 0 Å². The molecule has 1 saturated carbocycles. The van der Waals surface area contributed by atoms with Crippen LogP contribution in [0.3, 0.4) is 0 Å². The molecule has 0 aromatic rings. The van der Waals surface area contributed by atoms with Crippen molar-refractivity contribution in [3.63, 3.8) is 0 Å². The fourth-order valence-electron chi connectivity index (χ4n) is 3.74. The maximum Gasteiger partial charge on any atom is 0.221 e. The van der Waals surface area contributed by atoms with Gasteiger partial charge in [0, 0.05) is 31.0 Å². The summed E-state index contributed by atoms with van der Waals surface area (Å²) in [5.41, 5.74) is 0.0403. The Hall–Kier alpha value is -0.610. The third-order valence-electron chi connectivity index (χ3n) is 5.15. The molecule has 2 N–H and O–H groups in total. The molecule has 2 unspecified atom stereocenters. The maximum atomic E-state index is 12.2. The first-order valence-electron chi connectivity index (χ1n) is 8.26. The molecule has 2 fully saturated rings. The predicted octanol–water partition coefficient (Wildman–Crippen LogP) is 2.23. The van der Waals surface area contributed by atoms with E-state index in [4.69, 9.17) is 4.74 Å². The summed E-state index contributed by atoms with van der Waals surface area (Å²) in [5, 5.41) is 6.55. The lowest BCUT2D eigenvalue weighted by Gasteiger charge is -2.36. The molecule has 2 aliphatic rings. The third kappa shape index (κ3) is 3.95. The van der Waals surface area contributed by atoms with Gasteiger partial charge in [0.05, 0.1) is 6.10 Å². The molecule has 4 nitrogen and oxygen atoms in total. The Morgan fingerprint density at radius 3 is 2.70 bits per heavy atom. The molecule has 0 aromatic heterocycles. The molecule has 1 saturated heterocycles. The Labute approximate surface area is 123 Å². The van der Waals surface area contributed by atoms with Gasteiger partial charge in [-0.15, -0.1) is 0 Å². The van der Waals surface area contributed by atoms with Gasteiger partial charge in [0.1, 0.15) is 0 Å². The van der Waals surface area contributed by atoms with Gasteiger partial charge >= 0.3 is 0 Å². The van der Waals surface area contributed by atoms with Crippen LogP contribution in [0.1, 0.15) is 58.3 Å². The zero-order chi connectivity index (χ0) is 14.4. The molecule has 0 spiro atoms. The van der Waals surface area contributed by atoms with Crippen LogP contribution in [0, 0.1) is 5.92 Å². The number of carbonyl (C=O) groups is 1. The van der Waals surface area contributed by atoms with E-state index in [1.165, 1.54) is 19.3 Å².